The molecule has 2 heteroatoms. The Balaban J connectivity index is 2.75. The van der Waals surface area contributed by atoms with Gasteiger partial charge in [-0.05, 0) is 13.6 Å². The molecular formula is C4H11OP. The Labute approximate surface area is 40.9 Å². The molecule has 0 aromatic rings. The second kappa shape index (κ2) is 3.58. The van der Waals surface area contributed by atoms with Crippen LogP contribution >= 0.6 is 8.58 Å². The third kappa shape index (κ3) is 2.62. The molecule has 0 aliphatic heterocycles. The van der Waals surface area contributed by atoms with E-state index in [1.54, 1.807) is 7.11 Å². The standard InChI is InChI=1S/C4H11OP/c1-4(5-2)6-3/h4,6H,1-3H3. The van der Waals surface area contributed by atoms with Gasteiger partial charge in [-0.3, -0.25) is 0 Å². The summed E-state index contributed by atoms with van der Waals surface area (Å²) in [5.74, 6) is 0.463. The zero-order chi connectivity index (χ0) is 4.99. The average Bonchev–Trinajstić information content (AvgIpc) is 1.65. The molecule has 0 radical (unpaired) electrons. The van der Waals surface area contributed by atoms with E-state index >= 15 is 0 Å². The summed E-state index contributed by atoms with van der Waals surface area (Å²) in [7, 11) is 2.65. The maximum Gasteiger partial charge on any atom is 0.0702 e. The van der Waals surface area contributed by atoms with Crippen LogP contribution in [0.25, 0.3) is 0 Å². The highest BCUT2D eigenvalue weighted by Crippen LogP contribution is 2.11. The van der Waals surface area contributed by atoms with Crippen molar-refractivity contribution in [3.63, 3.8) is 0 Å². The minimum Gasteiger partial charge on any atom is -0.378 e. The van der Waals surface area contributed by atoms with Crippen molar-refractivity contribution in [1.29, 1.82) is 0 Å². The predicted octanol–water partition coefficient (Wildman–Crippen LogP) is 1.29. The van der Waals surface area contributed by atoms with E-state index in [1.807, 2.05) is 0 Å². The first-order valence-electron chi connectivity index (χ1n) is 2.01. The molecule has 0 aliphatic rings. The molecule has 0 heterocycles. The van der Waals surface area contributed by atoms with Crippen molar-refractivity contribution in [1.82, 2.24) is 0 Å². The topological polar surface area (TPSA) is 9.23 Å². The Morgan fingerprint density at radius 2 is 2.17 bits per heavy atom. The summed E-state index contributed by atoms with van der Waals surface area (Å²) in [4.78, 5) is 0. The number of methoxy groups -OCH3 is 1. The third-order valence-corrected chi connectivity index (χ3v) is 1.81. The van der Waals surface area contributed by atoms with Gasteiger partial charge < -0.3 is 4.74 Å². The summed E-state index contributed by atoms with van der Waals surface area (Å²) in [5, 5.41) is 0. The molecule has 0 fully saturated rings. The van der Waals surface area contributed by atoms with Crippen molar-refractivity contribution in [3.05, 3.63) is 0 Å². The van der Waals surface area contributed by atoms with Crippen molar-refractivity contribution in [2.75, 3.05) is 13.8 Å². The maximum absolute atomic E-state index is 4.91. The van der Waals surface area contributed by atoms with Crippen molar-refractivity contribution < 1.29 is 4.74 Å². The fourth-order valence-corrected chi connectivity index (χ4v) is 0.354. The first-order valence-corrected chi connectivity index (χ1v) is 3.59. The molecular weight excluding hydrogens is 95.0 g/mol. The van der Waals surface area contributed by atoms with Gasteiger partial charge in [0.2, 0.25) is 0 Å². The second-order valence-electron chi connectivity index (χ2n) is 1.17. The Morgan fingerprint density at radius 1 is 1.67 bits per heavy atom. The lowest BCUT2D eigenvalue weighted by Crippen LogP contribution is -1.92. The van der Waals surface area contributed by atoms with Gasteiger partial charge in [-0.15, -0.1) is 0 Å². The third-order valence-electron chi connectivity index (χ3n) is 0.760. The van der Waals surface area contributed by atoms with Crippen LogP contribution in [0.5, 0.6) is 0 Å². The van der Waals surface area contributed by atoms with Crippen molar-refractivity contribution >= 4 is 8.58 Å². The molecule has 1 nitrogen and oxygen atoms in total. The monoisotopic (exact) mass is 106 g/mol. The van der Waals surface area contributed by atoms with Crippen molar-refractivity contribution in [2.45, 2.75) is 12.8 Å². The minimum atomic E-state index is 0.463. The Morgan fingerprint density at radius 3 is 2.17 bits per heavy atom. The number of hydrogen-bond acceptors (Lipinski definition) is 1. The van der Waals surface area contributed by atoms with Crippen LogP contribution in [0, 0.1) is 0 Å². The molecule has 0 saturated carbocycles. The highest BCUT2D eigenvalue weighted by atomic mass is 31.1. The molecule has 0 N–H and O–H groups in total. The van der Waals surface area contributed by atoms with Crippen molar-refractivity contribution in [3.8, 4) is 0 Å². The van der Waals surface area contributed by atoms with Crippen LogP contribution in [0.3, 0.4) is 0 Å². The van der Waals surface area contributed by atoms with Crippen LogP contribution in [0.1, 0.15) is 6.92 Å². The fraction of sp³-hybridized carbons (Fsp3) is 1.00. The van der Waals surface area contributed by atoms with Gasteiger partial charge in [0, 0.05) is 7.11 Å². The van der Waals surface area contributed by atoms with Crippen LogP contribution in [0.15, 0.2) is 0 Å². The molecule has 0 aromatic carbocycles. The lowest BCUT2D eigenvalue weighted by Gasteiger charge is -2.01. The Kier molecular flexibility index (Phi) is 3.81. The summed E-state index contributed by atoms with van der Waals surface area (Å²) in [5.41, 5.74) is 0. The predicted molar refractivity (Wildman–Crippen MR) is 30.7 cm³/mol. The summed E-state index contributed by atoms with van der Waals surface area (Å²) in [6, 6.07) is 0. The normalized spacial score (nSPS) is 16.5. The Bertz CT molecular complexity index is 26.7. The molecule has 0 rings (SSSR count). The van der Waals surface area contributed by atoms with Crippen molar-refractivity contribution in [2.24, 2.45) is 0 Å². The van der Waals surface area contributed by atoms with Gasteiger partial charge >= 0.3 is 0 Å². The summed E-state index contributed by atoms with van der Waals surface area (Å²) in [6.07, 6.45) is 0. The van der Waals surface area contributed by atoms with E-state index in [0.29, 0.717) is 5.85 Å². The van der Waals surface area contributed by atoms with E-state index in [-0.39, 0.29) is 0 Å². The van der Waals surface area contributed by atoms with Crippen LogP contribution in [0.2, 0.25) is 0 Å². The number of ether oxygens (including phenoxy) is 1. The zero-order valence-corrected chi connectivity index (χ0v) is 5.49. The Hall–Kier alpha value is 0.390. The summed E-state index contributed by atoms with van der Waals surface area (Å²) < 4.78 is 4.91. The van der Waals surface area contributed by atoms with Gasteiger partial charge in [-0.1, -0.05) is 8.58 Å². The van der Waals surface area contributed by atoms with Gasteiger partial charge in [0.25, 0.3) is 0 Å². The van der Waals surface area contributed by atoms with Gasteiger partial charge in [0.1, 0.15) is 0 Å². The van der Waals surface area contributed by atoms with Crippen LogP contribution in [0.4, 0.5) is 0 Å². The van der Waals surface area contributed by atoms with Gasteiger partial charge in [0.15, 0.2) is 0 Å². The highest BCUT2D eigenvalue weighted by Gasteiger charge is 1.87. The van der Waals surface area contributed by atoms with E-state index in [9.17, 15) is 0 Å². The largest absolute Gasteiger partial charge is 0.378 e. The van der Waals surface area contributed by atoms with E-state index in [4.69, 9.17) is 4.74 Å². The fourth-order valence-electron chi connectivity index (χ4n) is 0.118. The van der Waals surface area contributed by atoms with Gasteiger partial charge in [0.05, 0.1) is 5.85 Å². The van der Waals surface area contributed by atoms with Crippen LogP contribution in [-0.4, -0.2) is 19.6 Å². The lowest BCUT2D eigenvalue weighted by atomic mass is 10.9. The molecule has 0 spiro atoms. The number of rotatable bonds is 2. The van der Waals surface area contributed by atoms with E-state index < -0.39 is 0 Å². The molecule has 38 valence electrons. The molecule has 0 amide bonds. The summed E-state index contributed by atoms with van der Waals surface area (Å²) >= 11 is 0. The summed E-state index contributed by atoms with van der Waals surface area (Å²) in [6.45, 7) is 4.20. The van der Waals surface area contributed by atoms with Crippen LogP contribution < -0.4 is 0 Å². The zero-order valence-electron chi connectivity index (χ0n) is 4.49. The average molecular weight is 106 g/mol. The van der Waals surface area contributed by atoms with Gasteiger partial charge in [-0.2, -0.15) is 0 Å². The van der Waals surface area contributed by atoms with E-state index in [0.717, 1.165) is 8.58 Å². The lowest BCUT2D eigenvalue weighted by molar-refractivity contribution is 0.185. The quantitative estimate of drug-likeness (QED) is 0.482. The molecule has 2 atom stereocenters. The molecule has 0 bridgehead atoms. The maximum atomic E-state index is 4.91. The highest BCUT2D eigenvalue weighted by molar-refractivity contribution is 7.37. The van der Waals surface area contributed by atoms with Gasteiger partial charge in [-0.25, -0.2) is 0 Å². The molecule has 0 aliphatic carbocycles. The molecule has 0 saturated heterocycles. The smallest absolute Gasteiger partial charge is 0.0702 e. The van der Waals surface area contributed by atoms with E-state index in [1.165, 1.54) is 0 Å². The van der Waals surface area contributed by atoms with E-state index in [2.05, 4.69) is 13.6 Å². The first kappa shape index (κ1) is 6.39. The number of hydrogen-bond donors (Lipinski definition) is 0. The molecule has 6 heavy (non-hydrogen) atoms. The minimum absolute atomic E-state index is 0.463. The molecule has 2 unspecified atom stereocenters. The van der Waals surface area contributed by atoms with Crippen LogP contribution in [-0.2, 0) is 4.74 Å². The first-order chi connectivity index (χ1) is 2.81. The second-order valence-corrected chi connectivity index (χ2v) is 2.56. The molecule has 0 aromatic heterocycles. The SMILES string of the molecule is COC(C)PC.